The van der Waals surface area contributed by atoms with Gasteiger partial charge in [0, 0.05) is 11.2 Å². The maximum atomic E-state index is 6.12. The van der Waals surface area contributed by atoms with Crippen molar-refractivity contribution in [1.82, 2.24) is 4.90 Å². The first kappa shape index (κ1) is 41.4. The molecular weight excluding hydrogens is 805 g/mol. The zero-order valence-electron chi connectivity index (χ0n) is 33.5. The molecule has 0 radical (unpaired) electrons. The third kappa shape index (κ3) is 10.0. The molecule has 5 aromatic carbocycles. The molecule has 0 unspecified atom stereocenters. The molecule has 1 aliphatic heterocycles. The molecule has 3 nitrogen and oxygen atoms in total. The molecular formula is C49H57Cl2N2ORu-. The Labute approximate surface area is 344 Å². The van der Waals surface area contributed by atoms with Crippen molar-refractivity contribution in [3.8, 4) is 5.75 Å². The third-order valence-electron chi connectivity index (χ3n) is 11.2. The van der Waals surface area contributed by atoms with E-state index in [-0.39, 0.29) is 11.0 Å². The van der Waals surface area contributed by atoms with Crippen LogP contribution in [0.1, 0.15) is 111 Å². The van der Waals surface area contributed by atoms with Crippen LogP contribution in [-0.4, -0.2) is 22.2 Å². The number of para-hydroxylation sites is 1. The summed E-state index contributed by atoms with van der Waals surface area (Å²) in [5, 5.41) is 0. The van der Waals surface area contributed by atoms with Crippen LogP contribution in [0.2, 0.25) is 0 Å². The molecule has 7 rings (SSSR count). The number of methoxy groups -OCH3 is 1. The quantitative estimate of drug-likeness (QED) is 0.0972. The van der Waals surface area contributed by atoms with Gasteiger partial charge in [0.15, 0.2) is 0 Å². The standard InChI is InChI=1S/C27H36NO.C22H21N.2ClH.Ru/c1-18(2)22-9-8-10-23(19(3)4)25(22)28-17-27(16-26(28,5)6)14-13-20-15-21(29-7)11-12-24(20)27;1-19-10-8-9-15-22(19)18-23(16-20-11-4-2-5-12-20)17-21-13-6-3-7-14-21;;;/h8-12,15,17-19H,13-14,16H2,1-7H3;1-15H,16-18H2;2*1H;/q-1;;;;+2/p-2/t27-;;;;/m0..../s1. The normalized spacial score (nSPS) is 17.4. The second-order valence-corrected chi connectivity index (χ2v) is 22.1. The van der Waals surface area contributed by atoms with Crippen molar-refractivity contribution in [3.05, 3.63) is 172 Å². The Hall–Kier alpha value is -3.27. The van der Waals surface area contributed by atoms with E-state index in [1.807, 2.05) is 10.7 Å². The van der Waals surface area contributed by atoms with Gasteiger partial charge in [0.1, 0.15) is 5.75 Å². The van der Waals surface area contributed by atoms with Gasteiger partial charge in [-0.2, -0.15) is 0 Å². The van der Waals surface area contributed by atoms with E-state index in [1.54, 1.807) is 7.11 Å². The molecule has 0 amide bonds. The molecule has 55 heavy (non-hydrogen) atoms. The molecule has 1 spiro atoms. The van der Waals surface area contributed by atoms with Crippen LogP contribution in [-0.2, 0) is 45.0 Å². The van der Waals surface area contributed by atoms with E-state index in [2.05, 4.69) is 173 Å². The van der Waals surface area contributed by atoms with Crippen molar-refractivity contribution in [2.45, 2.75) is 103 Å². The number of nitrogens with zero attached hydrogens (tertiary/aromatic N) is 2. The number of benzene rings is 5. The first-order chi connectivity index (χ1) is 26.4. The van der Waals surface area contributed by atoms with Gasteiger partial charge < -0.3 is 9.64 Å². The number of hydrogen-bond acceptors (Lipinski definition) is 3. The van der Waals surface area contributed by atoms with E-state index in [0.29, 0.717) is 11.8 Å². The summed E-state index contributed by atoms with van der Waals surface area (Å²) in [5.41, 5.74) is 12.6. The fourth-order valence-corrected chi connectivity index (χ4v) is 10.5. The maximum absolute atomic E-state index is 6.12. The van der Waals surface area contributed by atoms with Crippen molar-refractivity contribution >= 4 is 29.7 Å². The molecule has 1 heterocycles. The van der Waals surface area contributed by atoms with E-state index < -0.39 is 13.5 Å². The molecule has 292 valence electrons. The summed E-state index contributed by atoms with van der Waals surface area (Å²) in [7, 11) is 14.0. The Morgan fingerprint density at radius 3 is 1.91 bits per heavy atom. The summed E-state index contributed by atoms with van der Waals surface area (Å²) in [6.07, 6.45) is 3.48. The first-order valence-corrected chi connectivity index (χ1v) is 25.0. The average Bonchev–Trinajstić information content (AvgIpc) is 3.66. The molecule has 1 aliphatic carbocycles. The summed E-state index contributed by atoms with van der Waals surface area (Å²) in [4.78, 5) is 5.09. The van der Waals surface area contributed by atoms with Gasteiger partial charge in [-0.3, -0.25) is 0 Å². The number of hydrogen-bond donors (Lipinski definition) is 0. The van der Waals surface area contributed by atoms with E-state index in [4.69, 9.17) is 24.1 Å². The molecule has 1 fully saturated rings. The number of anilines is 1. The van der Waals surface area contributed by atoms with Gasteiger partial charge in [-0.05, 0) is 67.3 Å². The minimum absolute atomic E-state index is 0.0795. The summed E-state index contributed by atoms with van der Waals surface area (Å²) < 4.78 is 7.52. The molecule has 0 N–H and O–H groups in total. The zero-order valence-corrected chi connectivity index (χ0v) is 36.8. The predicted octanol–water partition coefficient (Wildman–Crippen LogP) is 12.9. The second kappa shape index (κ2) is 18.3. The molecule has 1 saturated heterocycles. The molecule has 0 saturated carbocycles. The van der Waals surface area contributed by atoms with Crippen molar-refractivity contribution in [2.75, 3.05) is 12.0 Å². The van der Waals surface area contributed by atoms with E-state index in [1.165, 1.54) is 51.1 Å². The first-order valence-electron chi connectivity index (χ1n) is 19.6. The van der Waals surface area contributed by atoms with Crippen LogP contribution < -0.4 is 9.64 Å². The monoisotopic (exact) mass is 861 g/mol. The van der Waals surface area contributed by atoms with E-state index in [0.717, 1.165) is 43.8 Å². The topological polar surface area (TPSA) is 15.7 Å². The van der Waals surface area contributed by atoms with Crippen molar-refractivity contribution in [3.63, 3.8) is 0 Å². The number of rotatable bonds is 11. The molecule has 0 aromatic heterocycles. The number of fused-ring (bicyclic) bond motifs is 2. The molecule has 6 heteroatoms. The van der Waals surface area contributed by atoms with Gasteiger partial charge in [0.05, 0.1) is 7.11 Å². The summed E-state index contributed by atoms with van der Waals surface area (Å²) in [6.45, 7) is 19.3. The Morgan fingerprint density at radius 2 is 1.35 bits per heavy atom. The third-order valence-corrected chi connectivity index (χ3v) is 13.0. The van der Waals surface area contributed by atoms with Gasteiger partial charge in [0.25, 0.3) is 0 Å². The van der Waals surface area contributed by atoms with Crippen molar-refractivity contribution in [1.29, 1.82) is 0 Å². The van der Waals surface area contributed by atoms with Crippen LogP contribution >= 0.6 is 19.4 Å². The molecule has 5 aromatic rings. The summed E-state index contributed by atoms with van der Waals surface area (Å²) in [5.74, 6) is 1.98. The number of ether oxygens (including phenoxy) is 1. The Bertz CT molecular complexity index is 1990. The Morgan fingerprint density at radius 1 is 0.764 bits per heavy atom. The van der Waals surface area contributed by atoms with E-state index in [9.17, 15) is 0 Å². The van der Waals surface area contributed by atoms with E-state index >= 15 is 0 Å². The van der Waals surface area contributed by atoms with Gasteiger partial charge in [-0.25, -0.2) is 6.54 Å². The SMILES string of the molecule is COc1ccc2c(c1)CC[C@]21[CH-]N(c2c(C(C)C)cccc2C(C)C)C(C)(C)C1.[Cl][Ru]([Cl])=[CH]c1ccccc1CN(Cc1ccccc1)Cc1ccccc1. The molecule has 0 bridgehead atoms. The molecule has 1 atom stereocenters. The van der Waals surface area contributed by atoms with Crippen molar-refractivity contribution in [2.24, 2.45) is 0 Å². The fourth-order valence-electron chi connectivity index (χ4n) is 8.63. The minimum atomic E-state index is -1.85. The Kier molecular flexibility index (Phi) is 13.8. The van der Waals surface area contributed by atoms with Gasteiger partial charge in [-0.1, -0.05) is 63.9 Å². The number of aryl methyl sites for hydroxylation is 1. The summed E-state index contributed by atoms with van der Waals surface area (Å²) >= 11 is -1.85. The van der Waals surface area contributed by atoms with Crippen LogP contribution in [0.5, 0.6) is 5.75 Å². The van der Waals surface area contributed by atoms with Gasteiger partial charge in [0.2, 0.25) is 0 Å². The van der Waals surface area contributed by atoms with Gasteiger partial charge in [-0.15, -0.1) is 5.41 Å². The summed E-state index contributed by atoms with van der Waals surface area (Å²) in [6, 6.07) is 43.2. The molecule has 2 aliphatic rings. The van der Waals surface area contributed by atoms with Crippen molar-refractivity contribution < 1.29 is 18.3 Å². The van der Waals surface area contributed by atoms with Crippen LogP contribution in [0.15, 0.2) is 121 Å². The van der Waals surface area contributed by atoms with Crippen LogP contribution in [0, 0.1) is 6.54 Å². The zero-order chi connectivity index (χ0) is 39.2. The average molecular weight is 862 g/mol. The van der Waals surface area contributed by atoms with Gasteiger partial charge >= 0.3 is 169 Å². The van der Waals surface area contributed by atoms with Crippen LogP contribution in [0.3, 0.4) is 0 Å². The fraction of sp³-hybridized carbons (Fsp3) is 0.347. The Balaban J connectivity index is 0.000000188. The number of halogens is 2. The van der Waals surface area contributed by atoms with Crippen LogP contribution in [0.25, 0.3) is 0 Å². The van der Waals surface area contributed by atoms with Crippen LogP contribution in [0.4, 0.5) is 5.69 Å². The predicted molar refractivity (Wildman–Crippen MR) is 232 cm³/mol. The second-order valence-electron chi connectivity index (χ2n) is 16.4.